The average molecular weight is 956 g/mol. The van der Waals surface area contributed by atoms with E-state index in [1.807, 2.05) is 24.1 Å². The van der Waals surface area contributed by atoms with Crippen molar-refractivity contribution in [2.24, 2.45) is 0 Å². The molecule has 0 saturated carbocycles. The lowest BCUT2D eigenvalue weighted by Crippen LogP contribution is -2.36. The Morgan fingerprint density at radius 3 is 1.60 bits per heavy atom. The zero-order valence-corrected chi connectivity index (χ0v) is 36.8. The molecule has 6 heterocycles. The van der Waals surface area contributed by atoms with Crippen LogP contribution in [0.15, 0.2) is 36.4 Å². The third kappa shape index (κ3) is 7.45. The van der Waals surface area contributed by atoms with Crippen molar-refractivity contribution < 1.29 is 82.7 Å². The van der Waals surface area contributed by atoms with Crippen molar-refractivity contribution in [3.05, 3.63) is 86.5 Å². The first-order chi connectivity index (χ1) is 31.6. The Balaban J connectivity index is 0.000000182. The Hall–Kier alpha value is -6.83. The van der Waals surface area contributed by atoms with Crippen LogP contribution in [0.3, 0.4) is 0 Å². The van der Waals surface area contributed by atoms with E-state index in [1.54, 1.807) is 26.3 Å². The molecule has 6 aliphatic heterocycles. The van der Waals surface area contributed by atoms with Gasteiger partial charge in [0.2, 0.25) is 25.1 Å². The second-order valence-corrected chi connectivity index (χ2v) is 17.2. The molecule has 67 heavy (non-hydrogen) atoms. The molecule has 0 aromatic heterocycles. The standard InChI is InChI=1S/C22H20F3NO9S.C22H20N2O6.CH4/c1-26-7-6-10-8-13-19(33-9-32-13)20(31-3)14(10)16(26)17-11-4-5-12(30-2)18(15(11)21(27)34-17)35-36(28,29)22(23,24)25;1-24-7-6-11-8-15-20(29-10-28-15)21(27-3)16(11)18(24)19-12-4-5-14(26-2)13(9-23)17(12)22(25)30-19;/h4-5,8,16-17H,6-7,9H2,1-3H3;4-5,8,18-19H,6-7,10H2,1-3H3;1H4/t16-,17+;18-,19+;/m11./s1. The fourth-order valence-corrected chi connectivity index (χ4v) is 9.89. The van der Waals surface area contributed by atoms with Gasteiger partial charge in [0.15, 0.2) is 34.5 Å². The molecular formula is C45H44F3N3O15S. The molecule has 0 aliphatic carbocycles. The number of halogens is 3. The minimum atomic E-state index is -6.10. The monoisotopic (exact) mass is 955 g/mol. The molecule has 0 N–H and O–H groups in total. The summed E-state index contributed by atoms with van der Waals surface area (Å²) in [4.78, 5) is 29.8. The van der Waals surface area contributed by atoms with Crippen molar-refractivity contribution in [3.63, 3.8) is 0 Å². The highest BCUT2D eigenvalue weighted by Crippen LogP contribution is 2.57. The Morgan fingerprint density at radius 2 is 1.15 bits per heavy atom. The van der Waals surface area contributed by atoms with Crippen molar-refractivity contribution in [1.82, 2.24) is 9.80 Å². The largest absolute Gasteiger partial charge is 0.534 e. The number of alkyl halides is 3. The van der Waals surface area contributed by atoms with Crippen LogP contribution in [0, 0.1) is 11.3 Å². The van der Waals surface area contributed by atoms with Crippen LogP contribution in [-0.2, 0) is 32.4 Å². The van der Waals surface area contributed by atoms with Gasteiger partial charge in [0.05, 0.1) is 46.1 Å². The van der Waals surface area contributed by atoms with E-state index in [0.717, 1.165) is 36.8 Å². The number of carbonyl (C=O) groups excluding carboxylic acids is 2. The van der Waals surface area contributed by atoms with E-state index in [0.29, 0.717) is 64.3 Å². The van der Waals surface area contributed by atoms with Crippen LogP contribution in [-0.4, -0.2) is 105 Å². The van der Waals surface area contributed by atoms with Crippen LogP contribution in [0.1, 0.15) is 91.4 Å². The molecule has 0 saturated heterocycles. The van der Waals surface area contributed by atoms with Crippen molar-refractivity contribution in [2.45, 2.75) is 50.1 Å². The Kier molecular flexibility index (Phi) is 12.1. The van der Waals surface area contributed by atoms with Crippen molar-refractivity contribution >= 4 is 22.1 Å². The number of esters is 2. The molecule has 22 heteroatoms. The molecular weight excluding hydrogens is 912 g/mol. The van der Waals surface area contributed by atoms with Crippen LogP contribution in [0.25, 0.3) is 0 Å². The van der Waals surface area contributed by atoms with E-state index in [1.165, 1.54) is 26.4 Å². The SMILES string of the molecule is C.COc1ccc2c(c1C#N)C(=O)O[C@@H]2[C@H]1c2c(cc3c(c2OC)OCO3)CCN1C.COc1ccc2c(c1OS(=O)(=O)C(F)(F)F)C(=O)O[C@@H]2[C@H]1c2c(cc3c(c2OC)OCO3)CCN1C. The van der Waals surface area contributed by atoms with E-state index in [-0.39, 0.29) is 49.5 Å². The average Bonchev–Trinajstić information content (AvgIpc) is 4.10. The summed E-state index contributed by atoms with van der Waals surface area (Å²) in [7, 11) is 3.30. The molecule has 0 radical (unpaired) electrons. The summed E-state index contributed by atoms with van der Waals surface area (Å²) in [6.45, 7) is 1.46. The highest BCUT2D eigenvalue weighted by atomic mass is 32.2. The van der Waals surface area contributed by atoms with Gasteiger partial charge >= 0.3 is 27.6 Å². The van der Waals surface area contributed by atoms with Gasteiger partial charge in [0.1, 0.15) is 35.2 Å². The summed E-state index contributed by atoms with van der Waals surface area (Å²) in [5.41, 5.74) is -1.43. The molecule has 4 aromatic carbocycles. The maximum atomic E-state index is 13.1. The summed E-state index contributed by atoms with van der Waals surface area (Å²) in [6, 6.07) is 11.1. The molecule has 0 bridgehead atoms. The molecule has 6 aliphatic rings. The number of rotatable bonds is 8. The minimum Gasteiger partial charge on any atom is -0.495 e. The van der Waals surface area contributed by atoms with E-state index in [2.05, 4.69) is 15.2 Å². The van der Waals surface area contributed by atoms with Gasteiger partial charge < -0.3 is 51.6 Å². The number of likely N-dealkylation sites (N-methyl/N-ethyl adjacent to an activating group) is 2. The van der Waals surface area contributed by atoms with Gasteiger partial charge in [-0.3, -0.25) is 9.80 Å². The second-order valence-electron chi connectivity index (χ2n) is 15.7. The molecule has 4 atom stereocenters. The highest BCUT2D eigenvalue weighted by molar-refractivity contribution is 7.88. The number of ether oxygens (including phenoxy) is 10. The number of cyclic esters (lactones) is 2. The van der Waals surface area contributed by atoms with Crippen LogP contribution in [0.2, 0.25) is 0 Å². The van der Waals surface area contributed by atoms with Gasteiger partial charge in [-0.1, -0.05) is 19.6 Å². The summed E-state index contributed by atoms with van der Waals surface area (Å²) in [5, 5.41) is 9.63. The molecule has 356 valence electrons. The smallest absolute Gasteiger partial charge is 0.495 e. The molecule has 4 aromatic rings. The lowest BCUT2D eigenvalue weighted by molar-refractivity contribution is -0.0501. The maximum absolute atomic E-state index is 13.1. The third-order valence-corrected chi connectivity index (χ3v) is 13.3. The third-order valence-electron chi connectivity index (χ3n) is 12.3. The molecule has 0 fully saturated rings. The predicted octanol–water partition coefficient (Wildman–Crippen LogP) is 6.48. The Morgan fingerprint density at radius 1 is 0.687 bits per heavy atom. The quantitative estimate of drug-likeness (QED) is 0.105. The highest BCUT2D eigenvalue weighted by Gasteiger charge is 2.52. The number of nitriles is 1. The first-order valence-corrected chi connectivity index (χ1v) is 21.6. The van der Waals surface area contributed by atoms with Crippen molar-refractivity contribution in [2.75, 3.05) is 69.2 Å². The minimum absolute atomic E-state index is 0. The number of hydrogen-bond acceptors (Lipinski definition) is 18. The number of methoxy groups -OCH3 is 4. The van der Waals surface area contributed by atoms with E-state index in [4.69, 9.17) is 47.4 Å². The molecule has 0 unspecified atom stereocenters. The fraction of sp³-hybridized carbons (Fsp3) is 0.400. The van der Waals surface area contributed by atoms with Crippen LogP contribution in [0.4, 0.5) is 13.2 Å². The summed E-state index contributed by atoms with van der Waals surface area (Å²) in [5.74, 6) is 0.600. The zero-order valence-electron chi connectivity index (χ0n) is 36.0. The summed E-state index contributed by atoms with van der Waals surface area (Å²) in [6.07, 6.45) is -0.213. The molecule has 18 nitrogen and oxygen atoms in total. The molecule has 10 rings (SSSR count). The number of nitrogens with zero attached hydrogens (tertiary/aromatic N) is 3. The number of hydrogen-bond donors (Lipinski definition) is 0. The first-order valence-electron chi connectivity index (χ1n) is 20.2. The van der Waals surface area contributed by atoms with Crippen LogP contribution >= 0.6 is 0 Å². The Labute approximate surface area is 382 Å². The van der Waals surface area contributed by atoms with Gasteiger partial charge in [0, 0.05) is 35.3 Å². The van der Waals surface area contributed by atoms with Gasteiger partial charge in [-0.2, -0.15) is 26.9 Å². The fourth-order valence-electron chi connectivity index (χ4n) is 9.41. The normalized spacial score (nSPS) is 20.9. The molecule has 0 spiro atoms. The number of benzene rings is 4. The van der Waals surface area contributed by atoms with E-state index >= 15 is 0 Å². The van der Waals surface area contributed by atoms with Crippen molar-refractivity contribution in [1.29, 1.82) is 5.26 Å². The zero-order chi connectivity index (χ0) is 47.0. The number of carbonyl (C=O) groups is 2. The van der Waals surface area contributed by atoms with Gasteiger partial charge in [-0.05, 0) is 62.3 Å². The molecule has 0 amide bonds. The number of fused-ring (bicyclic) bond motifs is 6. The van der Waals surface area contributed by atoms with Gasteiger partial charge in [-0.25, -0.2) is 9.59 Å². The van der Waals surface area contributed by atoms with Gasteiger partial charge in [-0.15, -0.1) is 0 Å². The summed E-state index contributed by atoms with van der Waals surface area (Å²) >= 11 is 0. The lowest BCUT2D eigenvalue weighted by Gasteiger charge is -2.38. The van der Waals surface area contributed by atoms with Crippen molar-refractivity contribution in [3.8, 4) is 57.8 Å². The van der Waals surface area contributed by atoms with E-state index < -0.39 is 57.1 Å². The van der Waals surface area contributed by atoms with E-state index in [9.17, 15) is 36.4 Å². The van der Waals surface area contributed by atoms with Crippen LogP contribution < -0.4 is 42.1 Å². The maximum Gasteiger partial charge on any atom is 0.534 e. The predicted molar refractivity (Wildman–Crippen MR) is 226 cm³/mol. The topological polar surface area (TPSA) is 200 Å². The van der Waals surface area contributed by atoms with Gasteiger partial charge in [0.25, 0.3) is 0 Å². The summed E-state index contributed by atoms with van der Waals surface area (Å²) < 4.78 is 123. The Bertz CT molecular complexity index is 2850. The van der Waals surface area contributed by atoms with Crippen LogP contribution in [0.5, 0.6) is 51.7 Å². The second kappa shape index (κ2) is 17.4. The lowest BCUT2D eigenvalue weighted by atomic mass is 9.85. The first kappa shape index (κ1) is 46.7.